The Hall–Kier alpha value is -2.22. The minimum Gasteiger partial charge on any atom is -0.493 e. The second-order valence-electron chi connectivity index (χ2n) is 6.34. The summed E-state index contributed by atoms with van der Waals surface area (Å²) in [5.41, 5.74) is 1.71. The maximum Gasteiger partial charge on any atom is 0.251 e. The summed E-state index contributed by atoms with van der Waals surface area (Å²) in [5.74, 6) is 0.978. The summed E-state index contributed by atoms with van der Waals surface area (Å²) in [6, 6.07) is 12.5. The number of nitrogens with one attached hydrogen (secondary N) is 1. The Morgan fingerprint density at radius 2 is 1.89 bits per heavy atom. The Labute approximate surface area is 163 Å². The molecule has 7 heteroatoms. The molecule has 3 atom stereocenters. The SMILES string of the molecule is COc1cc2c(cc1OC)SOC(C(=O)N[C@@H](C)C(O)c1ccccc1)C2. The van der Waals surface area contributed by atoms with Crippen LogP contribution in [0.5, 0.6) is 11.5 Å². The van der Waals surface area contributed by atoms with E-state index in [4.69, 9.17) is 13.7 Å². The fourth-order valence-corrected chi connectivity index (χ4v) is 3.73. The fraction of sp³-hybridized carbons (Fsp3) is 0.350. The first kappa shape index (κ1) is 19.5. The van der Waals surface area contributed by atoms with Crippen LogP contribution in [0, 0.1) is 0 Å². The van der Waals surface area contributed by atoms with Crippen LogP contribution in [0.25, 0.3) is 0 Å². The second-order valence-corrected chi connectivity index (χ2v) is 7.14. The number of carbonyl (C=O) groups excluding carboxylic acids is 1. The van der Waals surface area contributed by atoms with Crippen molar-refractivity contribution in [1.29, 1.82) is 0 Å². The molecule has 2 aromatic carbocycles. The molecule has 6 nitrogen and oxygen atoms in total. The highest BCUT2D eigenvalue weighted by molar-refractivity contribution is 7.94. The number of aliphatic hydroxyl groups is 1. The van der Waals surface area contributed by atoms with Crippen molar-refractivity contribution in [3.63, 3.8) is 0 Å². The second kappa shape index (κ2) is 8.65. The molecule has 0 radical (unpaired) electrons. The molecular weight excluding hydrogens is 366 g/mol. The average Bonchev–Trinajstić information content (AvgIpc) is 2.72. The van der Waals surface area contributed by atoms with Crippen molar-refractivity contribution in [1.82, 2.24) is 5.32 Å². The topological polar surface area (TPSA) is 77.0 Å². The van der Waals surface area contributed by atoms with E-state index in [-0.39, 0.29) is 5.91 Å². The van der Waals surface area contributed by atoms with Gasteiger partial charge >= 0.3 is 0 Å². The third-order valence-electron chi connectivity index (χ3n) is 4.50. The number of carbonyl (C=O) groups is 1. The van der Waals surface area contributed by atoms with E-state index in [0.717, 1.165) is 28.1 Å². The molecule has 0 aliphatic carbocycles. The zero-order valence-electron chi connectivity index (χ0n) is 15.5. The van der Waals surface area contributed by atoms with Gasteiger partial charge < -0.3 is 19.9 Å². The van der Waals surface area contributed by atoms with Gasteiger partial charge in [-0.2, -0.15) is 0 Å². The van der Waals surface area contributed by atoms with E-state index in [2.05, 4.69) is 5.32 Å². The Kier molecular flexibility index (Phi) is 6.26. The van der Waals surface area contributed by atoms with Crippen molar-refractivity contribution in [2.75, 3.05) is 14.2 Å². The number of hydrogen-bond donors (Lipinski definition) is 2. The van der Waals surface area contributed by atoms with Gasteiger partial charge in [0.25, 0.3) is 5.91 Å². The largest absolute Gasteiger partial charge is 0.493 e. The molecule has 27 heavy (non-hydrogen) atoms. The van der Waals surface area contributed by atoms with Crippen LogP contribution in [0.15, 0.2) is 47.4 Å². The first-order valence-electron chi connectivity index (χ1n) is 8.65. The Morgan fingerprint density at radius 1 is 1.22 bits per heavy atom. The molecule has 1 heterocycles. The lowest BCUT2D eigenvalue weighted by molar-refractivity contribution is -0.129. The van der Waals surface area contributed by atoms with E-state index in [1.54, 1.807) is 21.1 Å². The lowest BCUT2D eigenvalue weighted by Gasteiger charge is -2.27. The molecule has 0 saturated carbocycles. The average molecular weight is 389 g/mol. The third kappa shape index (κ3) is 4.37. The van der Waals surface area contributed by atoms with E-state index in [1.807, 2.05) is 42.5 Å². The van der Waals surface area contributed by atoms with Gasteiger partial charge in [0.1, 0.15) is 0 Å². The molecule has 2 unspecified atom stereocenters. The molecule has 1 aliphatic rings. The van der Waals surface area contributed by atoms with Crippen molar-refractivity contribution < 1.29 is 23.6 Å². The zero-order chi connectivity index (χ0) is 19.4. The first-order chi connectivity index (χ1) is 13.0. The normalized spacial score (nSPS) is 18.1. The first-order valence-corrected chi connectivity index (χ1v) is 9.39. The maximum absolute atomic E-state index is 12.6. The summed E-state index contributed by atoms with van der Waals surface area (Å²) in [6.45, 7) is 1.77. The number of rotatable bonds is 6. The van der Waals surface area contributed by atoms with E-state index in [0.29, 0.717) is 17.9 Å². The van der Waals surface area contributed by atoms with Crippen LogP contribution in [-0.4, -0.2) is 37.4 Å². The van der Waals surface area contributed by atoms with Crippen LogP contribution in [0.1, 0.15) is 24.2 Å². The van der Waals surface area contributed by atoms with Gasteiger partial charge in [-0.05, 0) is 24.1 Å². The summed E-state index contributed by atoms with van der Waals surface area (Å²) in [7, 11) is 3.15. The number of aliphatic hydroxyl groups excluding tert-OH is 1. The molecule has 0 spiro atoms. The number of fused-ring (bicyclic) bond motifs is 1. The van der Waals surface area contributed by atoms with E-state index in [1.165, 1.54) is 0 Å². The van der Waals surface area contributed by atoms with Crippen LogP contribution in [0.3, 0.4) is 0 Å². The Morgan fingerprint density at radius 3 is 2.56 bits per heavy atom. The Balaban J connectivity index is 1.67. The van der Waals surface area contributed by atoms with Crippen molar-refractivity contribution in [3.8, 4) is 11.5 Å². The number of hydrogen-bond acceptors (Lipinski definition) is 6. The molecule has 3 rings (SSSR count). The lowest BCUT2D eigenvalue weighted by Crippen LogP contribution is -2.44. The van der Waals surface area contributed by atoms with Crippen molar-refractivity contribution >= 4 is 17.9 Å². The molecule has 2 N–H and O–H groups in total. The minimum atomic E-state index is -0.789. The van der Waals surface area contributed by atoms with Gasteiger partial charge in [0.05, 0.1) is 26.4 Å². The smallest absolute Gasteiger partial charge is 0.251 e. The Bertz CT molecular complexity index is 798. The summed E-state index contributed by atoms with van der Waals surface area (Å²) < 4.78 is 16.3. The molecular formula is C20H23NO5S. The van der Waals surface area contributed by atoms with E-state index >= 15 is 0 Å². The highest BCUT2D eigenvalue weighted by Crippen LogP contribution is 2.40. The quantitative estimate of drug-likeness (QED) is 0.740. The number of amides is 1. The molecule has 1 amide bonds. The van der Waals surface area contributed by atoms with Crippen molar-refractivity contribution in [3.05, 3.63) is 53.6 Å². The van der Waals surface area contributed by atoms with Crippen molar-refractivity contribution in [2.45, 2.75) is 36.5 Å². The van der Waals surface area contributed by atoms with Gasteiger partial charge in [0.2, 0.25) is 0 Å². The fourth-order valence-electron chi connectivity index (χ4n) is 2.95. The number of ether oxygens (including phenoxy) is 2. The van der Waals surface area contributed by atoms with Gasteiger partial charge in [-0.3, -0.25) is 8.98 Å². The molecule has 0 aromatic heterocycles. The molecule has 0 saturated heterocycles. The maximum atomic E-state index is 12.6. The number of methoxy groups -OCH3 is 2. The highest BCUT2D eigenvalue weighted by atomic mass is 32.2. The lowest BCUT2D eigenvalue weighted by atomic mass is 10.0. The molecule has 1 aliphatic heterocycles. The van der Waals surface area contributed by atoms with Gasteiger partial charge in [-0.25, -0.2) is 0 Å². The molecule has 0 bridgehead atoms. The highest BCUT2D eigenvalue weighted by Gasteiger charge is 2.30. The van der Waals surface area contributed by atoms with Crippen LogP contribution in [0.4, 0.5) is 0 Å². The predicted octanol–water partition coefficient (Wildman–Crippen LogP) is 2.89. The minimum absolute atomic E-state index is 0.259. The summed E-state index contributed by atoms with van der Waals surface area (Å²) in [5, 5.41) is 13.3. The van der Waals surface area contributed by atoms with Gasteiger partial charge in [0.15, 0.2) is 17.6 Å². The summed E-state index contributed by atoms with van der Waals surface area (Å²) in [4.78, 5) is 13.5. The summed E-state index contributed by atoms with van der Waals surface area (Å²) in [6.07, 6.45) is -1.02. The monoisotopic (exact) mass is 389 g/mol. The molecule has 2 aromatic rings. The zero-order valence-corrected chi connectivity index (χ0v) is 16.3. The number of benzene rings is 2. The van der Waals surface area contributed by atoms with E-state index < -0.39 is 18.2 Å². The van der Waals surface area contributed by atoms with Crippen LogP contribution in [0.2, 0.25) is 0 Å². The molecule has 0 fully saturated rings. The van der Waals surface area contributed by atoms with Crippen LogP contribution < -0.4 is 14.8 Å². The standard InChI is InChI=1S/C20H23NO5S/c1-12(19(22)13-7-5-4-6-8-13)21-20(23)17-10-14-9-15(24-2)16(25-3)11-18(14)27-26-17/h4-9,11-12,17,19,22H,10H2,1-3H3,(H,21,23)/t12-,17?,19?/m0/s1. The van der Waals surface area contributed by atoms with Crippen LogP contribution in [-0.2, 0) is 15.4 Å². The van der Waals surface area contributed by atoms with Crippen LogP contribution >= 0.6 is 12.0 Å². The van der Waals surface area contributed by atoms with Gasteiger partial charge in [-0.15, -0.1) is 0 Å². The van der Waals surface area contributed by atoms with Crippen molar-refractivity contribution in [2.24, 2.45) is 0 Å². The predicted molar refractivity (Wildman–Crippen MR) is 103 cm³/mol. The van der Waals surface area contributed by atoms with Gasteiger partial charge in [-0.1, -0.05) is 30.3 Å². The van der Waals surface area contributed by atoms with Gasteiger partial charge in [0, 0.05) is 29.4 Å². The third-order valence-corrected chi connectivity index (χ3v) is 5.39. The summed E-state index contributed by atoms with van der Waals surface area (Å²) >= 11 is 1.15. The molecule has 144 valence electrons. The van der Waals surface area contributed by atoms with E-state index in [9.17, 15) is 9.90 Å².